The minimum atomic E-state index is 0.244. The smallest absolute Gasteiger partial charge is 0.178 e. The molecule has 7 heteroatoms. The Hall–Kier alpha value is -2.22. The molecule has 4 N–H and O–H groups in total. The van der Waals surface area contributed by atoms with E-state index in [9.17, 15) is 0 Å². The molecule has 0 spiro atoms. The van der Waals surface area contributed by atoms with Gasteiger partial charge in [-0.25, -0.2) is 10.4 Å². The maximum Gasteiger partial charge on any atom is 0.178 e. The molecule has 0 bridgehead atoms. The minimum absolute atomic E-state index is 0.244. The standard InChI is InChI=1S/C23H32N6S/c24-23(30)27-26-16-18-6-8-19(9-7-18)20-10-11-22(25-17-20)29-14-12-28(13-15-29)21-4-2-1-3-5-21/h6-11,17,21,26H,1-5,12-16H2,(H3,24,27,30). The van der Waals surface area contributed by atoms with E-state index < -0.39 is 0 Å². The molecule has 6 nitrogen and oxygen atoms in total. The summed E-state index contributed by atoms with van der Waals surface area (Å²) in [6, 6.07) is 13.6. The van der Waals surface area contributed by atoms with E-state index >= 15 is 0 Å². The summed E-state index contributed by atoms with van der Waals surface area (Å²) in [6.45, 7) is 5.12. The van der Waals surface area contributed by atoms with E-state index in [0.29, 0.717) is 6.54 Å². The summed E-state index contributed by atoms with van der Waals surface area (Å²) in [5.74, 6) is 1.09. The SMILES string of the molecule is NC(=S)NNCc1ccc(-c2ccc(N3CCN(C4CCCCC4)CC3)nc2)cc1. The highest BCUT2D eigenvalue weighted by Gasteiger charge is 2.25. The molecule has 0 unspecified atom stereocenters. The quantitative estimate of drug-likeness (QED) is 0.486. The Labute approximate surface area is 184 Å². The van der Waals surface area contributed by atoms with Crippen LogP contribution >= 0.6 is 12.2 Å². The van der Waals surface area contributed by atoms with Crippen LogP contribution in [0.4, 0.5) is 5.82 Å². The number of nitrogens with two attached hydrogens (primary N) is 1. The summed E-state index contributed by atoms with van der Waals surface area (Å²) in [7, 11) is 0. The van der Waals surface area contributed by atoms with Crippen molar-refractivity contribution in [3.05, 3.63) is 48.2 Å². The van der Waals surface area contributed by atoms with Crippen molar-refractivity contribution in [1.82, 2.24) is 20.7 Å². The maximum atomic E-state index is 5.41. The number of nitrogens with zero attached hydrogens (tertiary/aromatic N) is 3. The number of rotatable bonds is 6. The van der Waals surface area contributed by atoms with Gasteiger partial charge in [-0.2, -0.15) is 0 Å². The average Bonchev–Trinajstić information content (AvgIpc) is 2.80. The first-order chi connectivity index (χ1) is 14.7. The van der Waals surface area contributed by atoms with Crippen LogP contribution in [0.3, 0.4) is 0 Å². The Bertz CT molecular complexity index is 809. The molecule has 0 amide bonds. The number of thiocarbonyl (C=S) groups is 1. The Morgan fingerprint density at radius 3 is 2.30 bits per heavy atom. The van der Waals surface area contributed by atoms with Crippen LogP contribution in [0, 0.1) is 0 Å². The molecule has 1 aliphatic carbocycles. The van der Waals surface area contributed by atoms with E-state index in [4.69, 9.17) is 22.9 Å². The number of nitrogens with one attached hydrogen (secondary N) is 2. The van der Waals surface area contributed by atoms with Gasteiger partial charge in [0.05, 0.1) is 0 Å². The molecule has 4 rings (SSSR count). The van der Waals surface area contributed by atoms with Gasteiger partial charge in [-0.3, -0.25) is 10.3 Å². The Morgan fingerprint density at radius 1 is 0.967 bits per heavy atom. The Kier molecular flexibility index (Phi) is 7.15. The highest BCUT2D eigenvalue weighted by molar-refractivity contribution is 7.80. The number of hydrazine groups is 1. The van der Waals surface area contributed by atoms with Crippen molar-refractivity contribution in [3.63, 3.8) is 0 Å². The lowest BCUT2D eigenvalue weighted by molar-refractivity contribution is 0.147. The monoisotopic (exact) mass is 424 g/mol. The molecule has 2 heterocycles. The molecule has 0 radical (unpaired) electrons. The van der Waals surface area contributed by atoms with Gasteiger partial charge in [0.1, 0.15) is 5.82 Å². The lowest BCUT2D eigenvalue weighted by Gasteiger charge is -2.41. The lowest BCUT2D eigenvalue weighted by atomic mass is 9.94. The highest BCUT2D eigenvalue weighted by atomic mass is 32.1. The largest absolute Gasteiger partial charge is 0.375 e. The molecule has 1 aromatic heterocycles. The second kappa shape index (κ2) is 10.2. The fourth-order valence-corrected chi connectivity index (χ4v) is 4.63. The normalized spacial score (nSPS) is 18.3. The predicted octanol–water partition coefficient (Wildman–Crippen LogP) is 3.04. The van der Waals surface area contributed by atoms with Crippen LogP contribution < -0.4 is 21.5 Å². The fourth-order valence-electron chi connectivity index (χ4n) is 4.55. The summed E-state index contributed by atoms with van der Waals surface area (Å²) in [6.07, 6.45) is 9.00. The molecule has 30 heavy (non-hydrogen) atoms. The van der Waals surface area contributed by atoms with E-state index in [1.54, 1.807) is 0 Å². The average molecular weight is 425 g/mol. The fraction of sp³-hybridized carbons (Fsp3) is 0.478. The number of hydrogen-bond acceptors (Lipinski definition) is 5. The second-order valence-electron chi connectivity index (χ2n) is 8.26. The van der Waals surface area contributed by atoms with Crippen LogP contribution in [-0.2, 0) is 6.54 Å². The van der Waals surface area contributed by atoms with Crippen LogP contribution in [0.2, 0.25) is 0 Å². The molecule has 1 saturated heterocycles. The third-order valence-electron chi connectivity index (χ3n) is 6.27. The van der Waals surface area contributed by atoms with E-state index in [1.165, 1.54) is 37.7 Å². The van der Waals surface area contributed by atoms with E-state index in [-0.39, 0.29) is 5.11 Å². The zero-order valence-electron chi connectivity index (χ0n) is 17.5. The molecular weight excluding hydrogens is 392 g/mol. The van der Waals surface area contributed by atoms with Gasteiger partial charge in [0, 0.05) is 50.5 Å². The maximum absolute atomic E-state index is 5.41. The van der Waals surface area contributed by atoms with Gasteiger partial charge >= 0.3 is 0 Å². The van der Waals surface area contributed by atoms with Gasteiger partial charge in [0.2, 0.25) is 0 Å². The molecular formula is C23H32N6S. The summed E-state index contributed by atoms with van der Waals surface area (Å²) < 4.78 is 0. The van der Waals surface area contributed by atoms with Crippen molar-refractivity contribution in [1.29, 1.82) is 0 Å². The minimum Gasteiger partial charge on any atom is -0.375 e. The Morgan fingerprint density at radius 2 is 1.67 bits per heavy atom. The van der Waals surface area contributed by atoms with Crippen molar-refractivity contribution < 1.29 is 0 Å². The summed E-state index contributed by atoms with van der Waals surface area (Å²) in [4.78, 5) is 9.89. The van der Waals surface area contributed by atoms with E-state index in [0.717, 1.165) is 49.2 Å². The molecule has 1 aromatic carbocycles. The topological polar surface area (TPSA) is 69.5 Å². The summed E-state index contributed by atoms with van der Waals surface area (Å²) in [5.41, 5.74) is 14.6. The summed E-state index contributed by atoms with van der Waals surface area (Å²) >= 11 is 4.78. The first kappa shape index (κ1) is 21.0. The van der Waals surface area contributed by atoms with Gasteiger partial charge in [0.15, 0.2) is 5.11 Å². The highest BCUT2D eigenvalue weighted by Crippen LogP contribution is 2.25. The number of piperazine rings is 1. The van der Waals surface area contributed by atoms with Gasteiger partial charge in [-0.1, -0.05) is 43.5 Å². The first-order valence-electron chi connectivity index (χ1n) is 11.0. The van der Waals surface area contributed by atoms with Gasteiger partial charge in [0.25, 0.3) is 0 Å². The van der Waals surface area contributed by atoms with Crippen molar-refractivity contribution in [3.8, 4) is 11.1 Å². The summed E-state index contributed by atoms with van der Waals surface area (Å²) in [5, 5.41) is 0.244. The number of anilines is 1. The van der Waals surface area contributed by atoms with Crippen LogP contribution in [-0.4, -0.2) is 47.2 Å². The van der Waals surface area contributed by atoms with Crippen LogP contribution in [0.15, 0.2) is 42.6 Å². The number of pyridine rings is 1. The number of aromatic nitrogens is 1. The third kappa shape index (κ3) is 5.47. The van der Waals surface area contributed by atoms with Gasteiger partial charge in [-0.15, -0.1) is 0 Å². The van der Waals surface area contributed by atoms with Crippen molar-refractivity contribution >= 4 is 23.1 Å². The lowest BCUT2D eigenvalue weighted by Crippen LogP contribution is -2.51. The first-order valence-corrected chi connectivity index (χ1v) is 11.4. The van der Waals surface area contributed by atoms with Crippen molar-refractivity contribution in [2.75, 3.05) is 31.1 Å². The van der Waals surface area contributed by atoms with Crippen molar-refractivity contribution in [2.45, 2.75) is 44.7 Å². The zero-order chi connectivity index (χ0) is 20.8. The second-order valence-corrected chi connectivity index (χ2v) is 8.70. The molecule has 2 fully saturated rings. The van der Waals surface area contributed by atoms with Crippen LogP contribution in [0.1, 0.15) is 37.7 Å². The van der Waals surface area contributed by atoms with Crippen LogP contribution in [0.5, 0.6) is 0 Å². The Balaban J connectivity index is 1.30. The molecule has 160 valence electrons. The zero-order valence-corrected chi connectivity index (χ0v) is 18.3. The van der Waals surface area contributed by atoms with Crippen molar-refractivity contribution in [2.24, 2.45) is 5.73 Å². The molecule has 2 aliphatic rings. The third-order valence-corrected chi connectivity index (χ3v) is 6.37. The molecule has 1 aliphatic heterocycles. The predicted molar refractivity (Wildman–Crippen MR) is 127 cm³/mol. The molecule has 0 atom stereocenters. The molecule has 2 aromatic rings. The molecule has 1 saturated carbocycles. The van der Waals surface area contributed by atoms with Gasteiger partial charge < -0.3 is 10.6 Å². The van der Waals surface area contributed by atoms with Crippen LogP contribution in [0.25, 0.3) is 11.1 Å². The van der Waals surface area contributed by atoms with E-state index in [1.807, 2.05) is 6.20 Å². The number of hydrogen-bond donors (Lipinski definition) is 3. The number of benzene rings is 1. The van der Waals surface area contributed by atoms with E-state index in [2.05, 4.69) is 57.0 Å². The van der Waals surface area contributed by atoms with Gasteiger partial charge in [-0.05, 0) is 48.3 Å².